The Labute approximate surface area is 84.8 Å². The molecule has 0 aromatic rings. The molecular weight excluding hydrogens is 200 g/mol. The molecule has 2 fully saturated rings. The zero-order valence-electron chi connectivity index (χ0n) is 8.56. The number of hydrogen-bond acceptors (Lipinski definition) is 3. The normalized spacial score (nSPS) is 41.6. The van der Waals surface area contributed by atoms with Crippen molar-refractivity contribution in [2.75, 3.05) is 6.26 Å². The smallest absolute Gasteiger partial charge is 0.150 e. The van der Waals surface area contributed by atoms with Crippen LogP contribution in [-0.2, 0) is 14.6 Å². The van der Waals surface area contributed by atoms with Crippen molar-refractivity contribution in [3.05, 3.63) is 0 Å². The molecule has 0 saturated heterocycles. The Kier molecular flexibility index (Phi) is 2.21. The summed E-state index contributed by atoms with van der Waals surface area (Å²) in [5.74, 6) is 1.21. The summed E-state index contributed by atoms with van der Waals surface area (Å²) in [4.78, 5) is 11.3. The van der Waals surface area contributed by atoms with E-state index in [-0.39, 0.29) is 17.0 Å². The van der Waals surface area contributed by atoms with Crippen molar-refractivity contribution in [2.24, 2.45) is 17.8 Å². The quantitative estimate of drug-likeness (QED) is 0.693. The second-order valence-electron chi connectivity index (χ2n) is 4.80. The minimum Gasteiger partial charge on any atom is -0.300 e. The van der Waals surface area contributed by atoms with E-state index in [1.54, 1.807) is 6.92 Å². The molecule has 4 unspecified atom stereocenters. The fourth-order valence-corrected chi connectivity index (χ4v) is 3.90. The van der Waals surface area contributed by atoms with Crippen LogP contribution in [0.15, 0.2) is 0 Å². The molecule has 0 amide bonds. The third-order valence-electron chi connectivity index (χ3n) is 3.70. The van der Waals surface area contributed by atoms with Crippen LogP contribution >= 0.6 is 0 Å². The van der Waals surface area contributed by atoms with E-state index >= 15 is 0 Å². The van der Waals surface area contributed by atoms with Gasteiger partial charge in [0.15, 0.2) is 0 Å². The summed E-state index contributed by atoms with van der Waals surface area (Å²) >= 11 is 0. The van der Waals surface area contributed by atoms with Gasteiger partial charge in [-0.3, -0.25) is 4.79 Å². The number of hydrogen-bond donors (Lipinski definition) is 0. The number of ketones is 1. The number of carbonyl (C=O) groups excluding carboxylic acids is 1. The minimum absolute atomic E-state index is 0.0217. The molecule has 80 valence electrons. The van der Waals surface area contributed by atoms with Crippen molar-refractivity contribution >= 4 is 15.6 Å². The maximum atomic E-state index is 11.4. The summed E-state index contributed by atoms with van der Waals surface area (Å²) in [6, 6.07) is 0. The Morgan fingerprint density at radius 1 is 1.21 bits per heavy atom. The molecule has 3 nitrogen and oxygen atoms in total. The van der Waals surface area contributed by atoms with E-state index in [2.05, 4.69) is 0 Å². The van der Waals surface area contributed by atoms with Crippen molar-refractivity contribution < 1.29 is 13.2 Å². The Balaban J connectivity index is 2.15. The van der Waals surface area contributed by atoms with Crippen LogP contribution < -0.4 is 0 Å². The van der Waals surface area contributed by atoms with Gasteiger partial charge < -0.3 is 0 Å². The highest BCUT2D eigenvalue weighted by Gasteiger charge is 2.51. The number of Topliss-reactive ketones (excluding diaryl/α,β-unsaturated/α-hetero) is 1. The third kappa shape index (κ3) is 1.72. The molecule has 0 spiro atoms. The number of rotatable bonds is 2. The lowest BCUT2D eigenvalue weighted by molar-refractivity contribution is -0.122. The lowest BCUT2D eigenvalue weighted by Crippen LogP contribution is -2.31. The van der Waals surface area contributed by atoms with Gasteiger partial charge in [-0.15, -0.1) is 0 Å². The van der Waals surface area contributed by atoms with Crippen molar-refractivity contribution in [1.82, 2.24) is 0 Å². The van der Waals surface area contributed by atoms with Crippen LogP contribution in [-0.4, -0.2) is 25.7 Å². The van der Waals surface area contributed by atoms with E-state index in [4.69, 9.17) is 0 Å². The zero-order chi connectivity index (χ0) is 10.5. The average molecular weight is 216 g/mol. The van der Waals surface area contributed by atoms with E-state index in [1.165, 1.54) is 6.26 Å². The fourth-order valence-electron chi connectivity index (χ4n) is 2.74. The number of fused-ring (bicyclic) bond motifs is 1. The van der Waals surface area contributed by atoms with Gasteiger partial charge in [-0.2, -0.15) is 0 Å². The molecule has 0 aromatic carbocycles. The topological polar surface area (TPSA) is 51.2 Å². The van der Waals surface area contributed by atoms with Gasteiger partial charge in [-0.25, -0.2) is 8.42 Å². The Bertz CT molecular complexity index is 358. The second kappa shape index (κ2) is 3.05. The number of sulfone groups is 1. The maximum absolute atomic E-state index is 11.4. The lowest BCUT2D eigenvalue weighted by Gasteiger charge is -2.25. The molecule has 0 bridgehead atoms. The van der Waals surface area contributed by atoms with Gasteiger partial charge in [0.2, 0.25) is 0 Å². The molecule has 2 saturated carbocycles. The predicted octanol–water partition coefficient (Wildman–Crippen LogP) is 1.03. The largest absolute Gasteiger partial charge is 0.300 e. The van der Waals surface area contributed by atoms with Crippen LogP contribution in [0.2, 0.25) is 0 Å². The van der Waals surface area contributed by atoms with Crippen molar-refractivity contribution in [1.29, 1.82) is 0 Å². The van der Waals surface area contributed by atoms with Crippen molar-refractivity contribution in [3.63, 3.8) is 0 Å². The van der Waals surface area contributed by atoms with Gasteiger partial charge in [-0.05, 0) is 38.0 Å². The van der Waals surface area contributed by atoms with E-state index in [0.717, 1.165) is 12.8 Å². The second-order valence-corrected chi connectivity index (χ2v) is 7.13. The van der Waals surface area contributed by atoms with E-state index in [1.807, 2.05) is 0 Å². The monoisotopic (exact) mass is 216 g/mol. The van der Waals surface area contributed by atoms with Crippen LogP contribution in [0, 0.1) is 17.8 Å². The Morgan fingerprint density at radius 2 is 1.86 bits per heavy atom. The van der Waals surface area contributed by atoms with Crippen LogP contribution in [0.25, 0.3) is 0 Å². The fraction of sp³-hybridized carbons (Fsp3) is 0.900. The van der Waals surface area contributed by atoms with Crippen LogP contribution in [0.5, 0.6) is 0 Å². The van der Waals surface area contributed by atoms with Crippen LogP contribution in [0.4, 0.5) is 0 Å². The summed E-state index contributed by atoms with van der Waals surface area (Å²) in [5, 5.41) is -0.264. The molecule has 2 aliphatic carbocycles. The first-order valence-electron chi connectivity index (χ1n) is 5.09. The Morgan fingerprint density at radius 3 is 2.36 bits per heavy atom. The molecule has 0 aromatic heterocycles. The van der Waals surface area contributed by atoms with Gasteiger partial charge in [0.05, 0.1) is 5.25 Å². The van der Waals surface area contributed by atoms with E-state index < -0.39 is 9.84 Å². The SMILES string of the molecule is CC(=O)C1CC(S(C)(=O)=O)CC2CC21. The molecule has 2 aliphatic rings. The average Bonchev–Trinajstić information content (AvgIpc) is 2.77. The highest BCUT2D eigenvalue weighted by atomic mass is 32.2. The standard InChI is InChI=1S/C10H16O3S/c1-6(11)9-5-8(14(2,12)13)3-7-4-10(7)9/h7-10H,3-5H2,1-2H3. The summed E-state index contributed by atoms with van der Waals surface area (Å²) in [5.41, 5.74) is 0. The predicted molar refractivity (Wildman–Crippen MR) is 53.6 cm³/mol. The van der Waals surface area contributed by atoms with Gasteiger partial charge in [0.25, 0.3) is 0 Å². The zero-order valence-corrected chi connectivity index (χ0v) is 9.38. The molecule has 0 N–H and O–H groups in total. The molecule has 14 heavy (non-hydrogen) atoms. The van der Waals surface area contributed by atoms with Gasteiger partial charge in [0, 0.05) is 12.2 Å². The molecule has 0 aliphatic heterocycles. The summed E-state index contributed by atoms with van der Waals surface area (Å²) in [6.07, 6.45) is 3.70. The first kappa shape index (κ1) is 10.1. The van der Waals surface area contributed by atoms with Crippen molar-refractivity contribution in [2.45, 2.75) is 31.4 Å². The van der Waals surface area contributed by atoms with Crippen LogP contribution in [0.1, 0.15) is 26.2 Å². The van der Waals surface area contributed by atoms with Crippen molar-refractivity contribution in [3.8, 4) is 0 Å². The third-order valence-corrected chi connectivity index (χ3v) is 5.30. The first-order chi connectivity index (χ1) is 6.39. The molecule has 4 atom stereocenters. The van der Waals surface area contributed by atoms with Gasteiger partial charge in [-0.1, -0.05) is 0 Å². The molecular formula is C10H16O3S. The van der Waals surface area contributed by atoms with E-state index in [0.29, 0.717) is 18.3 Å². The lowest BCUT2D eigenvalue weighted by atomic mass is 9.86. The first-order valence-corrected chi connectivity index (χ1v) is 7.04. The minimum atomic E-state index is -2.95. The van der Waals surface area contributed by atoms with Gasteiger partial charge in [0.1, 0.15) is 15.6 Å². The Hall–Kier alpha value is -0.380. The highest BCUT2D eigenvalue weighted by molar-refractivity contribution is 7.91. The van der Waals surface area contributed by atoms with Gasteiger partial charge >= 0.3 is 0 Å². The van der Waals surface area contributed by atoms with E-state index in [9.17, 15) is 13.2 Å². The summed E-state index contributed by atoms with van der Waals surface area (Å²) in [7, 11) is -2.95. The highest BCUT2D eigenvalue weighted by Crippen LogP contribution is 2.54. The maximum Gasteiger partial charge on any atom is 0.150 e. The number of carbonyl (C=O) groups is 1. The molecule has 4 heteroatoms. The molecule has 2 rings (SSSR count). The summed E-state index contributed by atoms with van der Waals surface area (Å²) in [6.45, 7) is 1.59. The molecule has 0 heterocycles. The van der Waals surface area contributed by atoms with Crippen LogP contribution in [0.3, 0.4) is 0 Å². The molecule has 0 radical (unpaired) electrons. The summed E-state index contributed by atoms with van der Waals surface area (Å²) < 4.78 is 22.8.